The van der Waals surface area contributed by atoms with Crippen molar-refractivity contribution >= 4 is 17.7 Å². The predicted octanol–water partition coefficient (Wildman–Crippen LogP) is 3.79. The fourth-order valence-corrected chi connectivity index (χ4v) is 4.72. The Morgan fingerprint density at radius 1 is 1.19 bits per heavy atom. The number of nitriles is 1. The molecule has 0 spiro atoms. The van der Waals surface area contributed by atoms with Crippen LogP contribution in [0.3, 0.4) is 0 Å². The number of benzene rings is 1. The quantitative estimate of drug-likeness (QED) is 0.755. The Labute approximate surface area is 187 Å². The first kappa shape index (κ1) is 22.0. The minimum absolute atomic E-state index is 0.0209. The van der Waals surface area contributed by atoms with E-state index >= 15 is 0 Å². The number of aromatic nitrogens is 2. The van der Waals surface area contributed by atoms with Gasteiger partial charge in [-0.1, -0.05) is 25.3 Å². The highest BCUT2D eigenvalue weighted by molar-refractivity contribution is 5.80. The summed E-state index contributed by atoms with van der Waals surface area (Å²) < 4.78 is 14.1. The van der Waals surface area contributed by atoms with Crippen LogP contribution in [0.5, 0.6) is 0 Å². The average molecular weight is 437 g/mol. The van der Waals surface area contributed by atoms with E-state index in [2.05, 4.69) is 27.1 Å². The van der Waals surface area contributed by atoms with Crippen LogP contribution in [0, 0.1) is 23.1 Å². The van der Waals surface area contributed by atoms with Gasteiger partial charge >= 0.3 is 0 Å². The van der Waals surface area contributed by atoms with Gasteiger partial charge in [-0.3, -0.25) is 4.79 Å². The fraction of sp³-hybridized carbons (Fsp3) is 0.500. The summed E-state index contributed by atoms with van der Waals surface area (Å²) in [4.78, 5) is 23.7. The first-order valence-corrected chi connectivity index (χ1v) is 11.4. The van der Waals surface area contributed by atoms with E-state index in [1.54, 1.807) is 12.1 Å². The Balaban J connectivity index is 1.54. The summed E-state index contributed by atoms with van der Waals surface area (Å²) in [6, 6.07) is 8.43. The molecule has 1 saturated heterocycles. The number of nitrogen functional groups attached to an aromatic ring is 1. The van der Waals surface area contributed by atoms with Crippen LogP contribution in [0.4, 0.5) is 16.2 Å². The second-order valence-corrected chi connectivity index (χ2v) is 8.90. The van der Waals surface area contributed by atoms with Gasteiger partial charge < -0.3 is 16.0 Å². The van der Waals surface area contributed by atoms with Gasteiger partial charge in [-0.15, -0.1) is 0 Å². The molecule has 1 aromatic carbocycles. The first-order valence-electron chi connectivity index (χ1n) is 11.4. The minimum Gasteiger partial charge on any atom is -0.368 e. The van der Waals surface area contributed by atoms with Crippen LogP contribution in [0.2, 0.25) is 0 Å². The van der Waals surface area contributed by atoms with Crippen LogP contribution < -0.4 is 16.0 Å². The van der Waals surface area contributed by atoms with E-state index in [9.17, 15) is 9.18 Å². The van der Waals surface area contributed by atoms with Crippen molar-refractivity contribution in [3.05, 3.63) is 35.6 Å². The van der Waals surface area contributed by atoms with Crippen molar-refractivity contribution in [1.29, 1.82) is 5.26 Å². The van der Waals surface area contributed by atoms with E-state index in [4.69, 9.17) is 11.0 Å². The van der Waals surface area contributed by atoms with Gasteiger partial charge in [0, 0.05) is 30.3 Å². The number of hydrogen-bond acceptors (Lipinski definition) is 6. The zero-order chi connectivity index (χ0) is 22.7. The number of rotatable bonds is 4. The normalized spacial score (nSPS) is 21.7. The molecule has 2 fully saturated rings. The number of hydrogen-bond donors (Lipinski definition) is 2. The molecule has 1 aromatic heterocycles. The van der Waals surface area contributed by atoms with Crippen molar-refractivity contribution in [2.24, 2.45) is 5.92 Å². The molecule has 2 aliphatic rings. The van der Waals surface area contributed by atoms with E-state index in [1.165, 1.54) is 31.4 Å². The van der Waals surface area contributed by atoms with Crippen molar-refractivity contribution in [2.45, 2.75) is 64.0 Å². The molecule has 8 heteroatoms. The van der Waals surface area contributed by atoms with Crippen molar-refractivity contribution in [3.63, 3.8) is 0 Å². The molecule has 2 atom stereocenters. The van der Waals surface area contributed by atoms with Gasteiger partial charge in [0.05, 0.1) is 17.2 Å². The molecule has 1 aliphatic carbocycles. The van der Waals surface area contributed by atoms with Gasteiger partial charge in [-0.2, -0.15) is 10.2 Å². The summed E-state index contributed by atoms with van der Waals surface area (Å²) in [5.74, 6) is 0.114. The molecule has 3 N–H and O–H groups in total. The maximum atomic E-state index is 14.1. The molecule has 1 amide bonds. The summed E-state index contributed by atoms with van der Waals surface area (Å²) in [5, 5.41) is 12.2. The number of nitrogens with two attached hydrogens (primary N) is 1. The van der Waals surface area contributed by atoms with Crippen LogP contribution >= 0.6 is 0 Å². The molecule has 0 bridgehead atoms. The van der Waals surface area contributed by atoms with E-state index < -0.39 is 5.82 Å². The minimum atomic E-state index is -0.602. The monoisotopic (exact) mass is 436 g/mol. The summed E-state index contributed by atoms with van der Waals surface area (Å²) in [6.45, 7) is 2.66. The number of nitrogens with zero attached hydrogens (tertiary/aromatic N) is 4. The second kappa shape index (κ2) is 9.51. The lowest BCUT2D eigenvalue weighted by Crippen LogP contribution is -2.49. The highest BCUT2D eigenvalue weighted by Crippen LogP contribution is 2.30. The van der Waals surface area contributed by atoms with Crippen molar-refractivity contribution < 1.29 is 9.18 Å². The molecule has 2 heterocycles. The molecule has 2 aromatic rings. The Hall–Kier alpha value is -3.21. The number of piperidine rings is 1. The molecule has 32 heavy (non-hydrogen) atoms. The summed E-state index contributed by atoms with van der Waals surface area (Å²) in [6.07, 6.45) is 7.44. The molecule has 4 rings (SSSR count). The summed E-state index contributed by atoms with van der Waals surface area (Å²) in [7, 11) is 0. The topological polar surface area (TPSA) is 108 Å². The lowest BCUT2D eigenvalue weighted by molar-refractivity contribution is -0.126. The SMILES string of the molecule is CC1CCC(C(=O)NC2CCCCC2)CN1c1cc(-c2ccc(C#N)c(F)c2)nc(N)n1. The van der Waals surface area contributed by atoms with Gasteiger partial charge in [0.2, 0.25) is 11.9 Å². The zero-order valence-corrected chi connectivity index (χ0v) is 18.4. The van der Waals surface area contributed by atoms with Crippen LogP contribution in [-0.4, -0.2) is 34.5 Å². The molecular weight excluding hydrogens is 407 g/mol. The maximum absolute atomic E-state index is 14.1. The van der Waals surface area contributed by atoms with Crippen molar-refractivity contribution in [2.75, 3.05) is 17.2 Å². The number of anilines is 2. The number of nitrogens with one attached hydrogen (secondary N) is 1. The third kappa shape index (κ3) is 4.82. The Morgan fingerprint density at radius 2 is 1.97 bits per heavy atom. The zero-order valence-electron chi connectivity index (χ0n) is 18.4. The van der Waals surface area contributed by atoms with Crippen molar-refractivity contribution in [3.8, 4) is 17.3 Å². The van der Waals surface area contributed by atoms with Gasteiger partial charge in [0.1, 0.15) is 17.7 Å². The summed E-state index contributed by atoms with van der Waals surface area (Å²) in [5.41, 5.74) is 6.97. The third-order valence-electron chi connectivity index (χ3n) is 6.61. The van der Waals surface area contributed by atoms with Crippen LogP contribution in [-0.2, 0) is 4.79 Å². The Morgan fingerprint density at radius 3 is 2.69 bits per heavy atom. The highest BCUT2D eigenvalue weighted by Gasteiger charge is 2.32. The largest absolute Gasteiger partial charge is 0.368 e. The van der Waals surface area contributed by atoms with Gasteiger partial charge in [0.25, 0.3) is 0 Å². The molecule has 1 aliphatic heterocycles. The summed E-state index contributed by atoms with van der Waals surface area (Å²) >= 11 is 0. The molecular formula is C24H29FN6O. The van der Waals surface area contributed by atoms with Gasteiger partial charge in [-0.05, 0) is 44.7 Å². The van der Waals surface area contributed by atoms with Crippen LogP contribution in [0.15, 0.2) is 24.3 Å². The molecule has 0 radical (unpaired) electrons. The predicted molar refractivity (Wildman–Crippen MR) is 121 cm³/mol. The Kier molecular flexibility index (Phi) is 6.54. The molecule has 168 valence electrons. The molecule has 1 saturated carbocycles. The smallest absolute Gasteiger partial charge is 0.225 e. The first-order chi connectivity index (χ1) is 15.4. The lowest BCUT2D eigenvalue weighted by Gasteiger charge is -2.39. The van der Waals surface area contributed by atoms with E-state index in [1.807, 2.05) is 6.07 Å². The van der Waals surface area contributed by atoms with Crippen LogP contribution in [0.1, 0.15) is 57.4 Å². The molecule has 7 nitrogen and oxygen atoms in total. The third-order valence-corrected chi connectivity index (χ3v) is 6.61. The van der Waals surface area contributed by atoms with Crippen molar-refractivity contribution in [1.82, 2.24) is 15.3 Å². The lowest BCUT2D eigenvalue weighted by atomic mass is 9.90. The standard InChI is InChI=1S/C24H29FN6O/c1-15-7-8-18(23(32)28-19-5-3-2-4-6-19)14-31(15)22-12-21(29-24(27)30-22)16-9-10-17(13-26)20(25)11-16/h9-12,15,18-19H,2-8,14H2,1H3,(H,28,32)(H2,27,29,30). The number of amides is 1. The maximum Gasteiger partial charge on any atom is 0.225 e. The fourth-order valence-electron chi connectivity index (χ4n) is 4.72. The average Bonchev–Trinajstić information content (AvgIpc) is 2.79. The highest BCUT2D eigenvalue weighted by atomic mass is 19.1. The Bertz CT molecular complexity index is 1030. The number of carbonyl (C=O) groups excluding carboxylic acids is 1. The van der Waals surface area contributed by atoms with Gasteiger partial charge in [-0.25, -0.2) is 9.37 Å². The number of halogens is 1. The van der Waals surface area contributed by atoms with Gasteiger partial charge in [0.15, 0.2) is 0 Å². The molecule has 2 unspecified atom stereocenters. The number of carbonyl (C=O) groups is 1. The second-order valence-electron chi connectivity index (χ2n) is 8.90. The van der Waals surface area contributed by atoms with E-state index in [0.717, 1.165) is 25.7 Å². The van der Waals surface area contributed by atoms with E-state index in [-0.39, 0.29) is 35.4 Å². The van der Waals surface area contributed by atoms with E-state index in [0.29, 0.717) is 23.6 Å². The van der Waals surface area contributed by atoms with Crippen LogP contribution in [0.25, 0.3) is 11.3 Å².